The Balaban J connectivity index is 1.97. The summed E-state index contributed by atoms with van der Waals surface area (Å²) in [6, 6.07) is 9.62. The van der Waals surface area contributed by atoms with Crippen molar-refractivity contribution in [2.75, 3.05) is 13.1 Å². The van der Waals surface area contributed by atoms with Crippen molar-refractivity contribution in [1.82, 2.24) is 8.87 Å². The summed E-state index contributed by atoms with van der Waals surface area (Å²) in [7, 11) is -1.71. The van der Waals surface area contributed by atoms with Crippen molar-refractivity contribution in [3.8, 4) is 0 Å². The monoisotopic (exact) mass is 451 g/mol. The van der Waals surface area contributed by atoms with E-state index in [0.717, 1.165) is 15.8 Å². The molecule has 0 saturated carbocycles. The van der Waals surface area contributed by atoms with Crippen molar-refractivity contribution < 1.29 is 13.2 Å². The fourth-order valence-corrected chi connectivity index (χ4v) is 6.14. The Kier molecular flexibility index (Phi) is 6.28. The average molecular weight is 452 g/mol. The fourth-order valence-electron chi connectivity index (χ4n) is 3.21. The first-order valence-corrected chi connectivity index (χ1v) is 11.8. The third-order valence-corrected chi connectivity index (χ3v) is 8.06. The van der Waals surface area contributed by atoms with Crippen LogP contribution in [0.5, 0.6) is 0 Å². The normalized spacial score (nSPS) is 12.8. The van der Waals surface area contributed by atoms with E-state index >= 15 is 0 Å². The number of sulfonamides is 1. The highest BCUT2D eigenvalue weighted by molar-refractivity contribution is 7.89. The second kappa shape index (κ2) is 8.39. The Hall–Kier alpha value is -2.00. The minimum Gasteiger partial charge on any atom is -0.319 e. The van der Waals surface area contributed by atoms with Crippen LogP contribution in [-0.4, -0.2) is 36.3 Å². The van der Waals surface area contributed by atoms with Gasteiger partial charge in [-0.1, -0.05) is 36.8 Å². The van der Waals surface area contributed by atoms with Crippen LogP contribution >= 0.6 is 22.9 Å². The van der Waals surface area contributed by atoms with Gasteiger partial charge in [0.15, 0.2) is 4.80 Å². The van der Waals surface area contributed by atoms with E-state index in [1.165, 1.54) is 39.9 Å². The van der Waals surface area contributed by atoms with Crippen LogP contribution in [0.3, 0.4) is 0 Å². The maximum atomic E-state index is 12.6. The molecule has 0 unspecified atom stereocenters. The van der Waals surface area contributed by atoms with E-state index in [-0.39, 0.29) is 4.90 Å². The topological polar surface area (TPSA) is 71.7 Å². The van der Waals surface area contributed by atoms with Gasteiger partial charge in [-0.05, 0) is 48.9 Å². The van der Waals surface area contributed by atoms with E-state index in [9.17, 15) is 13.2 Å². The Morgan fingerprint density at radius 2 is 1.79 bits per heavy atom. The molecule has 0 aliphatic carbocycles. The van der Waals surface area contributed by atoms with Crippen LogP contribution in [0.2, 0.25) is 5.02 Å². The van der Waals surface area contributed by atoms with Crippen LogP contribution in [0.25, 0.3) is 10.2 Å². The van der Waals surface area contributed by atoms with Gasteiger partial charge in [0.2, 0.25) is 10.0 Å². The van der Waals surface area contributed by atoms with E-state index in [0.29, 0.717) is 28.5 Å². The third kappa shape index (κ3) is 4.16. The lowest BCUT2D eigenvalue weighted by molar-refractivity contribution is 0.0998. The Morgan fingerprint density at radius 3 is 2.38 bits per heavy atom. The highest BCUT2D eigenvalue weighted by atomic mass is 35.5. The van der Waals surface area contributed by atoms with Gasteiger partial charge in [-0.15, -0.1) is 0 Å². The molecule has 0 spiro atoms. The van der Waals surface area contributed by atoms with E-state index in [1.807, 2.05) is 30.7 Å². The van der Waals surface area contributed by atoms with Crippen LogP contribution in [0.15, 0.2) is 46.3 Å². The zero-order valence-electron chi connectivity index (χ0n) is 16.6. The number of rotatable bonds is 5. The molecule has 0 N–H and O–H groups in total. The number of nitrogens with zero attached hydrogens (tertiary/aromatic N) is 3. The quantitative estimate of drug-likeness (QED) is 0.589. The van der Waals surface area contributed by atoms with Gasteiger partial charge in [0.1, 0.15) is 0 Å². The SMILES string of the molecule is CCN(CC)S(=O)(=O)c1ccc(C(=O)N=c2sc3cc(Cl)cc(C)c3n2C)cc1. The minimum absolute atomic E-state index is 0.162. The van der Waals surface area contributed by atoms with Crippen LogP contribution in [0.1, 0.15) is 29.8 Å². The van der Waals surface area contributed by atoms with Gasteiger partial charge in [-0.25, -0.2) is 8.42 Å². The summed E-state index contributed by atoms with van der Waals surface area (Å²) in [6.07, 6.45) is 0. The first kappa shape index (κ1) is 21.7. The zero-order chi connectivity index (χ0) is 21.3. The average Bonchev–Trinajstić information content (AvgIpc) is 2.98. The first-order chi connectivity index (χ1) is 13.7. The molecule has 0 aliphatic heterocycles. The van der Waals surface area contributed by atoms with Crippen LogP contribution in [0, 0.1) is 6.92 Å². The van der Waals surface area contributed by atoms with Crippen molar-refractivity contribution in [1.29, 1.82) is 0 Å². The molecule has 29 heavy (non-hydrogen) atoms. The predicted molar refractivity (Wildman–Crippen MR) is 117 cm³/mol. The second-order valence-corrected chi connectivity index (χ2v) is 9.93. The van der Waals surface area contributed by atoms with Crippen molar-refractivity contribution in [2.24, 2.45) is 12.0 Å². The molecule has 1 heterocycles. The number of amides is 1. The van der Waals surface area contributed by atoms with Crippen LogP contribution in [0.4, 0.5) is 0 Å². The molecule has 0 fully saturated rings. The number of halogens is 1. The number of carbonyl (C=O) groups is 1. The summed E-state index contributed by atoms with van der Waals surface area (Å²) in [5, 5.41) is 0.639. The number of hydrogen-bond donors (Lipinski definition) is 0. The van der Waals surface area contributed by atoms with Crippen LogP contribution < -0.4 is 4.80 Å². The Bertz CT molecular complexity index is 1240. The molecule has 9 heteroatoms. The molecule has 154 valence electrons. The molecule has 0 saturated heterocycles. The third-order valence-electron chi connectivity index (χ3n) is 4.70. The van der Waals surface area contributed by atoms with E-state index in [1.54, 1.807) is 13.8 Å². The lowest BCUT2D eigenvalue weighted by atomic mass is 10.2. The number of fused-ring (bicyclic) bond motifs is 1. The summed E-state index contributed by atoms with van der Waals surface area (Å²) in [5.74, 6) is -0.428. The molecule has 0 atom stereocenters. The molecule has 1 amide bonds. The number of aryl methyl sites for hydroxylation is 2. The number of thiazole rings is 1. The number of aromatic nitrogens is 1. The molecule has 0 aliphatic rings. The van der Waals surface area contributed by atoms with E-state index < -0.39 is 15.9 Å². The molecule has 6 nitrogen and oxygen atoms in total. The van der Waals surface area contributed by atoms with Crippen molar-refractivity contribution in [3.63, 3.8) is 0 Å². The second-order valence-electron chi connectivity index (χ2n) is 6.54. The fraction of sp³-hybridized carbons (Fsp3) is 0.300. The first-order valence-electron chi connectivity index (χ1n) is 9.14. The summed E-state index contributed by atoms with van der Waals surface area (Å²) in [5.41, 5.74) is 2.31. The number of benzene rings is 2. The predicted octanol–water partition coefficient (Wildman–Crippen LogP) is 3.97. The van der Waals surface area contributed by atoms with Crippen LogP contribution in [-0.2, 0) is 17.1 Å². The van der Waals surface area contributed by atoms with Gasteiger partial charge in [0, 0.05) is 30.7 Å². The van der Waals surface area contributed by atoms with Gasteiger partial charge in [0.25, 0.3) is 5.91 Å². The van der Waals surface area contributed by atoms with Crippen molar-refractivity contribution >= 4 is 49.1 Å². The van der Waals surface area contributed by atoms with Gasteiger partial charge < -0.3 is 4.57 Å². The van der Waals surface area contributed by atoms with E-state index in [4.69, 9.17) is 11.6 Å². The van der Waals surface area contributed by atoms with Gasteiger partial charge in [-0.3, -0.25) is 4.79 Å². The molecule has 0 radical (unpaired) electrons. The lowest BCUT2D eigenvalue weighted by Crippen LogP contribution is -2.30. The molecular weight excluding hydrogens is 430 g/mol. The van der Waals surface area contributed by atoms with E-state index in [2.05, 4.69) is 4.99 Å². The molecule has 3 rings (SSSR count). The lowest BCUT2D eigenvalue weighted by Gasteiger charge is -2.18. The summed E-state index contributed by atoms with van der Waals surface area (Å²) in [6.45, 7) is 6.32. The Labute approximate surface area is 179 Å². The summed E-state index contributed by atoms with van der Waals surface area (Å²) >= 11 is 7.51. The smallest absolute Gasteiger partial charge is 0.279 e. The largest absolute Gasteiger partial charge is 0.319 e. The summed E-state index contributed by atoms with van der Waals surface area (Å²) in [4.78, 5) is 17.6. The van der Waals surface area contributed by atoms with Crippen molar-refractivity contribution in [3.05, 3.63) is 57.3 Å². The maximum Gasteiger partial charge on any atom is 0.279 e. The molecule has 2 aromatic carbocycles. The number of carbonyl (C=O) groups excluding carboxylic acids is 1. The molecule has 0 bridgehead atoms. The highest BCUT2D eigenvalue weighted by Crippen LogP contribution is 2.25. The van der Waals surface area contributed by atoms with Gasteiger partial charge in [-0.2, -0.15) is 9.30 Å². The minimum atomic E-state index is -3.56. The summed E-state index contributed by atoms with van der Waals surface area (Å²) < 4.78 is 29.3. The molecular formula is C20H22ClN3O3S2. The van der Waals surface area contributed by atoms with Gasteiger partial charge in [0.05, 0.1) is 15.1 Å². The van der Waals surface area contributed by atoms with Crippen molar-refractivity contribution in [2.45, 2.75) is 25.7 Å². The maximum absolute atomic E-state index is 12.6. The Morgan fingerprint density at radius 1 is 1.17 bits per heavy atom. The molecule has 1 aromatic heterocycles. The standard InChI is InChI=1S/C20H22ClN3O3S2/c1-5-24(6-2)29(26,27)16-9-7-14(8-10-16)19(25)22-20-23(4)18-13(3)11-15(21)12-17(18)28-20/h7-12H,5-6H2,1-4H3. The number of hydrogen-bond acceptors (Lipinski definition) is 4. The molecule has 3 aromatic rings. The highest BCUT2D eigenvalue weighted by Gasteiger charge is 2.21. The van der Waals surface area contributed by atoms with Gasteiger partial charge >= 0.3 is 0 Å². The zero-order valence-corrected chi connectivity index (χ0v) is 19.0.